The molecule has 104 valence electrons. The Morgan fingerprint density at radius 2 is 2.21 bits per heavy atom. The second kappa shape index (κ2) is 6.10. The van der Waals surface area contributed by atoms with E-state index in [1.165, 1.54) is 17.4 Å². The van der Waals surface area contributed by atoms with Crippen molar-refractivity contribution in [2.24, 2.45) is 0 Å². The molecule has 1 unspecified atom stereocenters. The summed E-state index contributed by atoms with van der Waals surface area (Å²) in [5.41, 5.74) is 0.0375. The zero-order chi connectivity index (χ0) is 13.8. The Morgan fingerprint density at radius 1 is 1.42 bits per heavy atom. The number of anilines is 1. The molecule has 0 spiro atoms. The van der Waals surface area contributed by atoms with E-state index in [1.54, 1.807) is 0 Å². The topological polar surface area (TPSA) is 33.5 Å². The second-order valence-corrected chi connectivity index (χ2v) is 5.15. The summed E-state index contributed by atoms with van der Waals surface area (Å²) in [4.78, 5) is 13.1. The summed E-state index contributed by atoms with van der Waals surface area (Å²) >= 11 is 0. The first-order chi connectivity index (χ1) is 9.06. The molecular formula is C14H19F2N2O+. The molecule has 0 aromatic heterocycles. The van der Waals surface area contributed by atoms with Gasteiger partial charge in [0.25, 0.3) is 5.91 Å². The van der Waals surface area contributed by atoms with Crippen LogP contribution in [-0.2, 0) is 4.79 Å². The maximum absolute atomic E-state index is 13.4. The van der Waals surface area contributed by atoms with Crippen LogP contribution in [0.1, 0.15) is 26.2 Å². The summed E-state index contributed by atoms with van der Waals surface area (Å²) in [6.45, 7) is 3.43. The molecule has 2 atom stereocenters. The number of rotatable bonds is 3. The summed E-state index contributed by atoms with van der Waals surface area (Å²) < 4.78 is 26.2. The highest BCUT2D eigenvalue weighted by Crippen LogP contribution is 2.14. The quantitative estimate of drug-likeness (QED) is 0.853. The van der Waals surface area contributed by atoms with Gasteiger partial charge in [0.2, 0.25) is 0 Å². The van der Waals surface area contributed by atoms with Gasteiger partial charge in [0.1, 0.15) is 11.6 Å². The fraction of sp³-hybridized carbons (Fsp3) is 0.500. The number of likely N-dealkylation sites (tertiary alicyclic amines) is 1. The zero-order valence-electron chi connectivity index (χ0n) is 11.0. The van der Waals surface area contributed by atoms with Crippen LogP contribution in [0.5, 0.6) is 0 Å². The summed E-state index contributed by atoms with van der Waals surface area (Å²) in [6.07, 6.45) is 3.45. The van der Waals surface area contributed by atoms with E-state index in [0.29, 0.717) is 12.6 Å². The molecule has 1 amide bonds. The number of benzene rings is 1. The fourth-order valence-corrected chi connectivity index (χ4v) is 2.51. The highest BCUT2D eigenvalue weighted by molar-refractivity contribution is 5.91. The molecule has 1 aromatic carbocycles. The van der Waals surface area contributed by atoms with E-state index in [2.05, 4.69) is 12.2 Å². The van der Waals surface area contributed by atoms with E-state index < -0.39 is 11.6 Å². The highest BCUT2D eigenvalue weighted by atomic mass is 19.1. The molecule has 2 N–H and O–H groups in total. The lowest BCUT2D eigenvalue weighted by atomic mass is 10.0. The lowest BCUT2D eigenvalue weighted by Gasteiger charge is -2.29. The van der Waals surface area contributed by atoms with Crippen molar-refractivity contribution in [3.63, 3.8) is 0 Å². The molecule has 0 bridgehead atoms. The van der Waals surface area contributed by atoms with E-state index in [4.69, 9.17) is 0 Å². The Morgan fingerprint density at radius 3 is 2.89 bits per heavy atom. The first-order valence-electron chi connectivity index (χ1n) is 6.66. The number of nitrogens with one attached hydrogen (secondary N) is 2. The van der Waals surface area contributed by atoms with E-state index in [-0.39, 0.29) is 11.6 Å². The van der Waals surface area contributed by atoms with Gasteiger partial charge in [0.15, 0.2) is 6.54 Å². The van der Waals surface area contributed by atoms with Gasteiger partial charge in [-0.15, -0.1) is 0 Å². The lowest BCUT2D eigenvalue weighted by molar-refractivity contribution is -0.920. The Hall–Kier alpha value is -1.49. The zero-order valence-corrected chi connectivity index (χ0v) is 11.0. The van der Waals surface area contributed by atoms with E-state index in [0.717, 1.165) is 31.5 Å². The summed E-state index contributed by atoms with van der Waals surface area (Å²) in [5, 5.41) is 2.50. The monoisotopic (exact) mass is 269 g/mol. The van der Waals surface area contributed by atoms with Gasteiger partial charge in [-0.3, -0.25) is 4.79 Å². The average molecular weight is 269 g/mol. The van der Waals surface area contributed by atoms with Crippen LogP contribution in [-0.4, -0.2) is 25.0 Å². The smallest absolute Gasteiger partial charge is 0.279 e. The molecule has 1 heterocycles. The van der Waals surface area contributed by atoms with Crippen molar-refractivity contribution < 1.29 is 18.5 Å². The molecule has 0 aliphatic carbocycles. The first-order valence-corrected chi connectivity index (χ1v) is 6.66. The van der Waals surface area contributed by atoms with Crippen molar-refractivity contribution in [1.82, 2.24) is 0 Å². The molecule has 1 aromatic rings. The highest BCUT2D eigenvalue weighted by Gasteiger charge is 2.24. The summed E-state index contributed by atoms with van der Waals surface area (Å²) in [6, 6.07) is 3.61. The molecule has 2 rings (SSSR count). The molecule has 19 heavy (non-hydrogen) atoms. The van der Waals surface area contributed by atoms with Crippen LogP contribution in [0.3, 0.4) is 0 Å². The Labute approximate surface area is 111 Å². The standard InChI is InChI=1S/C14H18F2N2O/c1-10-4-2-3-7-18(10)9-14(19)17-13-6-5-11(15)8-12(13)16/h5-6,8,10H,2-4,7,9H2,1H3,(H,17,19)/p+1/t10-/m0/s1. The maximum Gasteiger partial charge on any atom is 0.279 e. The van der Waals surface area contributed by atoms with Gasteiger partial charge in [-0.1, -0.05) is 0 Å². The van der Waals surface area contributed by atoms with Crippen molar-refractivity contribution >= 4 is 11.6 Å². The van der Waals surface area contributed by atoms with Crippen LogP contribution in [0.15, 0.2) is 18.2 Å². The fourth-order valence-electron chi connectivity index (χ4n) is 2.51. The predicted octanol–water partition coefficient (Wildman–Crippen LogP) is 1.36. The third-order valence-corrected chi connectivity index (χ3v) is 3.67. The molecule has 0 saturated carbocycles. The first kappa shape index (κ1) is 13.9. The van der Waals surface area contributed by atoms with E-state index >= 15 is 0 Å². The molecule has 5 heteroatoms. The minimum Gasteiger partial charge on any atom is -0.325 e. The Bertz CT molecular complexity index is 465. The van der Waals surface area contributed by atoms with E-state index in [9.17, 15) is 13.6 Å². The number of hydrogen-bond donors (Lipinski definition) is 2. The molecular weight excluding hydrogens is 250 g/mol. The molecule has 3 nitrogen and oxygen atoms in total. The van der Waals surface area contributed by atoms with Gasteiger partial charge in [0, 0.05) is 6.07 Å². The normalized spacial score (nSPS) is 23.1. The lowest BCUT2D eigenvalue weighted by Crippen LogP contribution is -3.17. The van der Waals surface area contributed by atoms with Crippen LogP contribution in [0, 0.1) is 11.6 Å². The van der Waals surface area contributed by atoms with Crippen LogP contribution in [0.4, 0.5) is 14.5 Å². The predicted molar refractivity (Wildman–Crippen MR) is 69.0 cm³/mol. The number of halogens is 2. The second-order valence-electron chi connectivity index (χ2n) is 5.15. The molecule has 0 radical (unpaired) electrons. The number of carbonyl (C=O) groups excluding carboxylic acids is 1. The van der Waals surface area contributed by atoms with Crippen molar-refractivity contribution in [1.29, 1.82) is 0 Å². The van der Waals surface area contributed by atoms with Crippen molar-refractivity contribution in [3.8, 4) is 0 Å². The van der Waals surface area contributed by atoms with Crippen LogP contribution in [0.2, 0.25) is 0 Å². The summed E-state index contributed by atoms with van der Waals surface area (Å²) in [5.74, 6) is -1.62. The number of hydrogen-bond acceptors (Lipinski definition) is 1. The number of carbonyl (C=O) groups is 1. The SMILES string of the molecule is C[C@H]1CCCC[NH+]1CC(=O)Nc1ccc(F)cc1F. The minimum absolute atomic E-state index is 0.0375. The number of quaternary nitrogens is 1. The van der Waals surface area contributed by atoms with Crippen LogP contribution >= 0.6 is 0 Å². The van der Waals surface area contributed by atoms with Crippen molar-refractivity contribution in [2.45, 2.75) is 32.2 Å². The maximum atomic E-state index is 13.4. The summed E-state index contributed by atoms with van der Waals surface area (Å²) in [7, 11) is 0. The van der Waals surface area contributed by atoms with Crippen LogP contribution < -0.4 is 10.2 Å². The number of piperidine rings is 1. The van der Waals surface area contributed by atoms with E-state index in [1.807, 2.05) is 0 Å². The van der Waals surface area contributed by atoms with Gasteiger partial charge >= 0.3 is 0 Å². The van der Waals surface area contributed by atoms with Gasteiger partial charge in [-0.25, -0.2) is 8.78 Å². The molecule has 1 saturated heterocycles. The Balaban J connectivity index is 1.93. The van der Waals surface area contributed by atoms with Gasteiger partial charge in [-0.05, 0) is 38.3 Å². The van der Waals surface area contributed by atoms with Gasteiger partial charge < -0.3 is 10.2 Å². The van der Waals surface area contributed by atoms with Gasteiger partial charge in [-0.2, -0.15) is 0 Å². The van der Waals surface area contributed by atoms with Crippen molar-refractivity contribution in [2.75, 3.05) is 18.4 Å². The molecule has 1 fully saturated rings. The molecule has 1 aliphatic heterocycles. The van der Waals surface area contributed by atoms with Gasteiger partial charge in [0.05, 0.1) is 18.3 Å². The third-order valence-electron chi connectivity index (χ3n) is 3.67. The third kappa shape index (κ3) is 3.73. The number of amides is 1. The van der Waals surface area contributed by atoms with Crippen LogP contribution in [0.25, 0.3) is 0 Å². The largest absolute Gasteiger partial charge is 0.325 e. The minimum atomic E-state index is -0.741. The Kier molecular flexibility index (Phi) is 4.47. The molecule has 1 aliphatic rings. The van der Waals surface area contributed by atoms with Crippen molar-refractivity contribution in [3.05, 3.63) is 29.8 Å². The average Bonchev–Trinajstić information content (AvgIpc) is 2.36.